The molecular formula is C12H14N2O3. The summed E-state index contributed by atoms with van der Waals surface area (Å²) in [5.74, 6) is 0.659. The molecule has 0 saturated heterocycles. The fourth-order valence-electron chi connectivity index (χ4n) is 1.77. The highest BCUT2D eigenvalue weighted by atomic mass is 16.5. The van der Waals surface area contributed by atoms with Gasteiger partial charge in [0.05, 0.1) is 19.4 Å². The van der Waals surface area contributed by atoms with Crippen LogP contribution < -0.4 is 10.5 Å². The van der Waals surface area contributed by atoms with Crippen molar-refractivity contribution in [2.24, 2.45) is 0 Å². The van der Waals surface area contributed by atoms with Gasteiger partial charge in [0.2, 0.25) is 0 Å². The van der Waals surface area contributed by atoms with Gasteiger partial charge in [0.1, 0.15) is 5.75 Å². The van der Waals surface area contributed by atoms with Crippen LogP contribution in [0.4, 0.5) is 5.69 Å². The summed E-state index contributed by atoms with van der Waals surface area (Å²) in [5.41, 5.74) is 8.35. The summed E-state index contributed by atoms with van der Waals surface area (Å²) >= 11 is 0. The van der Waals surface area contributed by atoms with Gasteiger partial charge in [-0.1, -0.05) is 0 Å². The van der Waals surface area contributed by atoms with Gasteiger partial charge in [0.25, 0.3) is 6.47 Å². The molecule has 2 rings (SSSR count). The lowest BCUT2D eigenvalue weighted by Crippen LogP contribution is -1.96. The smallest absolute Gasteiger partial charge is 0.293 e. The number of methoxy groups -OCH3 is 1. The number of H-pyrrole nitrogens is 1. The molecule has 5 heteroatoms. The summed E-state index contributed by atoms with van der Waals surface area (Å²) < 4.78 is 9.80. The number of ether oxygens (including phenoxy) is 2. The number of carbonyl (C=O) groups excluding carboxylic acids is 1. The van der Waals surface area contributed by atoms with Gasteiger partial charge in [0.15, 0.2) is 0 Å². The van der Waals surface area contributed by atoms with Crippen LogP contribution in [0.25, 0.3) is 10.9 Å². The maximum atomic E-state index is 10.0. The molecule has 90 valence electrons. The van der Waals surface area contributed by atoms with Crippen molar-refractivity contribution >= 4 is 23.1 Å². The predicted octanol–water partition coefficient (Wildman–Crippen LogP) is 1.47. The van der Waals surface area contributed by atoms with Crippen LogP contribution in [-0.2, 0) is 16.0 Å². The van der Waals surface area contributed by atoms with E-state index in [0.717, 1.165) is 16.6 Å². The second-order valence-corrected chi connectivity index (χ2v) is 3.69. The first-order valence-corrected chi connectivity index (χ1v) is 5.25. The van der Waals surface area contributed by atoms with Crippen molar-refractivity contribution in [2.45, 2.75) is 6.42 Å². The van der Waals surface area contributed by atoms with Crippen molar-refractivity contribution in [2.75, 3.05) is 19.5 Å². The number of nitrogen functional groups attached to an aromatic ring is 1. The van der Waals surface area contributed by atoms with E-state index in [1.807, 2.05) is 18.2 Å². The Morgan fingerprint density at radius 2 is 2.24 bits per heavy atom. The van der Waals surface area contributed by atoms with Gasteiger partial charge in [-0.2, -0.15) is 0 Å². The number of nitrogens with one attached hydrogen (secondary N) is 1. The third kappa shape index (κ3) is 2.33. The minimum Gasteiger partial charge on any atom is -0.495 e. The molecule has 0 fully saturated rings. The zero-order chi connectivity index (χ0) is 12.3. The van der Waals surface area contributed by atoms with E-state index in [4.69, 9.17) is 10.5 Å². The summed E-state index contributed by atoms with van der Waals surface area (Å²) in [6.45, 7) is 0.812. The van der Waals surface area contributed by atoms with Crippen LogP contribution in [0.2, 0.25) is 0 Å². The SMILES string of the molecule is COc1cc2cc(CCOC=O)[nH]c2cc1N. The summed E-state index contributed by atoms with van der Waals surface area (Å²) in [6, 6.07) is 5.70. The Balaban J connectivity index is 2.27. The highest BCUT2D eigenvalue weighted by molar-refractivity contribution is 5.86. The highest BCUT2D eigenvalue weighted by Gasteiger charge is 2.05. The molecule has 3 N–H and O–H groups in total. The first kappa shape index (κ1) is 11.3. The third-order valence-electron chi connectivity index (χ3n) is 2.58. The summed E-state index contributed by atoms with van der Waals surface area (Å²) in [5, 5.41) is 1.03. The van der Waals surface area contributed by atoms with Gasteiger partial charge < -0.3 is 20.2 Å². The molecule has 0 atom stereocenters. The molecule has 17 heavy (non-hydrogen) atoms. The van der Waals surface area contributed by atoms with Crippen molar-refractivity contribution in [3.63, 3.8) is 0 Å². The lowest BCUT2D eigenvalue weighted by Gasteiger charge is -2.03. The molecule has 0 spiro atoms. The Morgan fingerprint density at radius 1 is 1.41 bits per heavy atom. The second-order valence-electron chi connectivity index (χ2n) is 3.69. The number of carbonyl (C=O) groups is 1. The number of rotatable bonds is 5. The molecule has 0 aliphatic carbocycles. The molecular weight excluding hydrogens is 220 g/mol. The first-order chi connectivity index (χ1) is 8.24. The number of fused-ring (bicyclic) bond motifs is 1. The van der Waals surface area contributed by atoms with Gasteiger partial charge in [-0.15, -0.1) is 0 Å². The van der Waals surface area contributed by atoms with E-state index in [0.29, 0.717) is 30.9 Å². The Morgan fingerprint density at radius 3 is 2.94 bits per heavy atom. The molecule has 0 radical (unpaired) electrons. The van der Waals surface area contributed by atoms with Gasteiger partial charge in [-0.25, -0.2) is 0 Å². The van der Waals surface area contributed by atoms with Gasteiger partial charge in [-0.3, -0.25) is 4.79 Å². The molecule has 1 aromatic heterocycles. The molecule has 0 bridgehead atoms. The van der Waals surface area contributed by atoms with E-state index < -0.39 is 0 Å². The number of aromatic nitrogens is 1. The van der Waals surface area contributed by atoms with Crippen molar-refractivity contribution in [3.8, 4) is 5.75 Å². The number of nitrogens with two attached hydrogens (primary N) is 1. The van der Waals surface area contributed by atoms with Gasteiger partial charge in [0, 0.05) is 23.0 Å². The Kier molecular flexibility index (Phi) is 3.18. The zero-order valence-corrected chi connectivity index (χ0v) is 9.53. The fraction of sp³-hybridized carbons (Fsp3) is 0.250. The molecule has 0 aliphatic rings. The minimum atomic E-state index is 0.364. The maximum Gasteiger partial charge on any atom is 0.293 e. The molecule has 0 aliphatic heterocycles. The Bertz CT molecular complexity index is 534. The van der Waals surface area contributed by atoms with Gasteiger partial charge in [-0.05, 0) is 18.2 Å². The maximum absolute atomic E-state index is 10.0. The Hall–Kier alpha value is -2.17. The Labute approximate surface area is 98.5 Å². The summed E-state index contributed by atoms with van der Waals surface area (Å²) in [4.78, 5) is 13.2. The van der Waals surface area contributed by atoms with Crippen LogP contribution >= 0.6 is 0 Å². The van der Waals surface area contributed by atoms with Crippen molar-refractivity contribution < 1.29 is 14.3 Å². The second kappa shape index (κ2) is 4.78. The average molecular weight is 234 g/mol. The summed E-state index contributed by atoms with van der Waals surface area (Å²) in [6.07, 6.45) is 0.648. The normalized spacial score (nSPS) is 10.4. The van der Waals surface area contributed by atoms with E-state index in [-0.39, 0.29) is 0 Å². The van der Waals surface area contributed by atoms with E-state index in [1.165, 1.54) is 0 Å². The van der Waals surface area contributed by atoms with Crippen LogP contribution in [0.15, 0.2) is 18.2 Å². The number of aromatic amines is 1. The standard InChI is InChI=1S/C12H14N2O3/c1-16-12-5-8-4-9(2-3-17-7-15)14-11(8)6-10(12)13/h4-7,14H,2-3,13H2,1H3. The number of hydrogen-bond acceptors (Lipinski definition) is 4. The fourth-order valence-corrected chi connectivity index (χ4v) is 1.77. The van der Waals surface area contributed by atoms with E-state index in [2.05, 4.69) is 9.72 Å². The zero-order valence-electron chi connectivity index (χ0n) is 9.53. The lowest BCUT2D eigenvalue weighted by atomic mass is 10.2. The molecule has 2 aromatic rings. The van der Waals surface area contributed by atoms with Crippen LogP contribution in [-0.4, -0.2) is 25.2 Å². The van der Waals surface area contributed by atoms with Crippen molar-refractivity contribution in [1.82, 2.24) is 4.98 Å². The molecule has 0 unspecified atom stereocenters. The van der Waals surface area contributed by atoms with Crippen LogP contribution in [0, 0.1) is 0 Å². The number of benzene rings is 1. The predicted molar refractivity (Wildman–Crippen MR) is 65.0 cm³/mol. The van der Waals surface area contributed by atoms with Crippen molar-refractivity contribution in [1.29, 1.82) is 0 Å². The lowest BCUT2D eigenvalue weighted by molar-refractivity contribution is -0.128. The quantitative estimate of drug-likeness (QED) is 0.466. The average Bonchev–Trinajstić information content (AvgIpc) is 2.70. The van der Waals surface area contributed by atoms with E-state index >= 15 is 0 Å². The van der Waals surface area contributed by atoms with E-state index in [1.54, 1.807) is 7.11 Å². The van der Waals surface area contributed by atoms with Crippen LogP contribution in [0.3, 0.4) is 0 Å². The largest absolute Gasteiger partial charge is 0.495 e. The van der Waals surface area contributed by atoms with Crippen LogP contribution in [0.1, 0.15) is 5.69 Å². The third-order valence-corrected chi connectivity index (χ3v) is 2.58. The molecule has 1 heterocycles. The monoisotopic (exact) mass is 234 g/mol. The minimum absolute atomic E-state index is 0.364. The number of anilines is 1. The molecule has 0 amide bonds. The molecule has 1 aromatic carbocycles. The molecule has 5 nitrogen and oxygen atoms in total. The van der Waals surface area contributed by atoms with Gasteiger partial charge >= 0.3 is 0 Å². The van der Waals surface area contributed by atoms with Crippen LogP contribution in [0.5, 0.6) is 5.75 Å². The number of hydrogen-bond donors (Lipinski definition) is 2. The van der Waals surface area contributed by atoms with Crippen molar-refractivity contribution in [3.05, 3.63) is 23.9 Å². The first-order valence-electron chi connectivity index (χ1n) is 5.25. The van der Waals surface area contributed by atoms with E-state index in [9.17, 15) is 4.79 Å². The highest BCUT2D eigenvalue weighted by Crippen LogP contribution is 2.28. The molecule has 0 saturated carbocycles. The topological polar surface area (TPSA) is 77.3 Å². The summed E-state index contributed by atoms with van der Waals surface area (Å²) in [7, 11) is 1.59.